The van der Waals surface area contributed by atoms with Gasteiger partial charge in [-0.15, -0.1) is 0 Å². The lowest BCUT2D eigenvalue weighted by Crippen LogP contribution is -2.14. The summed E-state index contributed by atoms with van der Waals surface area (Å²) in [5.41, 5.74) is 0.424. The molecule has 0 bridgehead atoms. The van der Waals surface area contributed by atoms with E-state index >= 15 is 0 Å². The Morgan fingerprint density at radius 3 is 2.81 bits per heavy atom. The topological polar surface area (TPSA) is 81.1 Å². The molecule has 0 saturated heterocycles. The fourth-order valence-corrected chi connectivity index (χ4v) is 2.34. The third-order valence-corrected chi connectivity index (χ3v) is 3.82. The van der Waals surface area contributed by atoms with Crippen LogP contribution in [0.1, 0.15) is 10.4 Å². The van der Waals surface area contributed by atoms with E-state index in [2.05, 4.69) is 10.4 Å². The van der Waals surface area contributed by atoms with Gasteiger partial charge in [0.2, 0.25) is 0 Å². The van der Waals surface area contributed by atoms with Crippen LogP contribution >= 0.6 is 11.6 Å². The Hall–Kier alpha value is -1.86. The van der Waals surface area contributed by atoms with Crippen LogP contribution in [0.3, 0.4) is 0 Å². The highest BCUT2D eigenvalue weighted by Crippen LogP contribution is 2.12. The number of aromatic nitrogens is 2. The molecule has 0 aliphatic heterocycles. The van der Waals surface area contributed by atoms with Crippen molar-refractivity contribution in [2.45, 2.75) is 6.54 Å². The molecular weight excluding hydrogens is 314 g/mol. The molecule has 0 spiro atoms. The summed E-state index contributed by atoms with van der Waals surface area (Å²) in [5, 5.41) is 7.19. The maximum Gasteiger partial charge on any atom is 0.256 e. The van der Waals surface area contributed by atoms with Crippen molar-refractivity contribution in [2.75, 3.05) is 17.3 Å². The molecule has 112 valence electrons. The van der Waals surface area contributed by atoms with E-state index in [0.717, 1.165) is 0 Å². The summed E-state index contributed by atoms with van der Waals surface area (Å²) in [5.74, 6) is 0.0236. The van der Waals surface area contributed by atoms with Gasteiger partial charge in [0.05, 0.1) is 12.3 Å². The van der Waals surface area contributed by atoms with Crippen molar-refractivity contribution in [1.82, 2.24) is 9.78 Å². The van der Waals surface area contributed by atoms with Crippen LogP contribution in [0.15, 0.2) is 36.5 Å². The van der Waals surface area contributed by atoms with Crippen LogP contribution in [0.25, 0.3) is 0 Å². The summed E-state index contributed by atoms with van der Waals surface area (Å²) in [4.78, 5) is 12.0. The first-order chi connectivity index (χ1) is 9.83. The van der Waals surface area contributed by atoms with E-state index in [1.807, 2.05) is 0 Å². The second-order valence-electron chi connectivity index (χ2n) is 4.56. The van der Waals surface area contributed by atoms with E-state index in [9.17, 15) is 13.2 Å². The maximum atomic E-state index is 12.0. The zero-order valence-corrected chi connectivity index (χ0v) is 12.9. The zero-order valence-electron chi connectivity index (χ0n) is 11.3. The third kappa shape index (κ3) is 4.87. The summed E-state index contributed by atoms with van der Waals surface area (Å²) >= 11 is 5.82. The van der Waals surface area contributed by atoms with Gasteiger partial charge in [-0.25, -0.2) is 8.42 Å². The Kier molecular flexibility index (Phi) is 4.64. The first-order valence-corrected chi connectivity index (χ1v) is 8.55. The highest BCUT2D eigenvalue weighted by molar-refractivity contribution is 7.90. The van der Waals surface area contributed by atoms with Gasteiger partial charge in [0.25, 0.3) is 5.91 Å². The van der Waals surface area contributed by atoms with Crippen molar-refractivity contribution in [1.29, 1.82) is 0 Å². The number of sulfone groups is 1. The van der Waals surface area contributed by atoms with Crippen LogP contribution < -0.4 is 5.32 Å². The molecule has 21 heavy (non-hydrogen) atoms. The minimum atomic E-state index is -3.05. The first kappa shape index (κ1) is 15.5. The van der Waals surface area contributed by atoms with Gasteiger partial charge >= 0.3 is 0 Å². The Balaban J connectivity index is 2.01. The van der Waals surface area contributed by atoms with E-state index < -0.39 is 9.84 Å². The van der Waals surface area contributed by atoms with Crippen LogP contribution in [0, 0.1) is 0 Å². The molecular formula is C13H14ClN3O3S. The van der Waals surface area contributed by atoms with Crippen LogP contribution in [-0.4, -0.2) is 36.1 Å². The monoisotopic (exact) mass is 327 g/mol. The maximum absolute atomic E-state index is 12.0. The van der Waals surface area contributed by atoms with Gasteiger partial charge in [-0.05, 0) is 18.2 Å². The van der Waals surface area contributed by atoms with Gasteiger partial charge in [0.15, 0.2) is 5.82 Å². The number of nitrogens with zero attached hydrogens (tertiary/aromatic N) is 2. The molecule has 0 radical (unpaired) electrons. The van der Waals surface area contributed by atoms with Gasteiger partial charge in [-0.3, -0.25) is 9.48 Å². The number of halogens is 1. The van der Waals surface area contributed by atoms with Crippen molar-refractivity contribution >= 4 is 33.2 Å². The Labute approximate surface area is 127 Å². The summed E-state index contributed by atoms with van der Waals surface area (Å²) in [6.45, 7) is 0.242. The van der Waals surface area contributed by atoms with Crippen LogP contribution in [-0.2, 0) is 16.4 Å². The van der Waals surface area contributed by atoms with E-state index in [1.54, 1.807) is 36.5 Å². The number of carbonyl (C=O) groups is 1. The van der Waals surface area contributed by atoms with Crippen molar-refractivity contribution < 1.29 is 13.2 Å². The van der Waals surface area contributed by atoms with E-state index in [-0.39, 0.29) is 18.2 Å². The standard InChI is InChI=1S/C13H14ClN3O3S/c1-21(19,20)8-7-17-6-5-12(16-17)15-13(18)10-3-2-4-11(14)9-10/h2-6,9H,7-8H2,1H3,(H,15,16,18). The molecule has 2 rings (SSSR count). The van der Waals surface area contributed by atoms with Crippen LogP contribution in [0.5, 0.6) is 0 Å². The fourth-order valence-electron chi connectivity index (χ4n) is 1.63. The molecule has 1 heterocycles. The fraction of sp³-hybridized carbons (Fsp3) is 0.231. The predicted molar refractivity (Wildman–Crippen MR) is 81.3 cm³/mol. The quantitative estimate of drug-likeness (QED) is 0.908. The highest BCUT2D eigenvalue weighted by atomic mass is 35.5. The largest absolute Gasteiger partial charge is 0.305 e. The second kappa shape index (κ2) is 6.28. The molecule has 0 aliphatic rings. The smallest absolute Gasteiger partial charge is 0.256 e. The molecule has 0 fully saturated rings. The average Bonchev–Trinajstić information content (AvgIpc) is 2.83. The lowest BCUT2D eigenvalue weighted by atomic mass is 10.2. The van der Waals surface area contributed by atoms with E-state index in [0.29, 0.717) is 16.4 Å². The van der Waals surface area contributed by atoms with Crippen molar-refractivity contribution in [3.63, 3.8) is 0 Å². The normalized spacial score (nSPS) is 11.3. The number of carbonyl (C=O) groups excluding carboxylic acids is 1. The van der Waals surface area contributed by atoms with Crippen molar-refractivity contribution in [2.24, 2.45) is 0 Å². The molecule has 8 heteroatoms. The zero-order chi connectivity index (χ0) is 15.5. The molecule has 2 aromatic rings. The summed E-state index contributed by atoms with van der Waals surface area (Å²) in [7, 11) is -3.05. The number of aryl methyl sites for hydroxylation is 1. The second-order valence-corrected chi connectivity index (χ2v) is 7.25. The van der Waals surface area contributed by atoms with Gasteiger partial charge in [-0.1, -0.05) is 17.7 Å². The number of hydrogen-bond donors (Lipinski definition) is 1. The number of anilines is 1. The van der Waals surface area contributed by atoms with Gasteiger partial charge in [-0.2, -0.15) is 5.10 Å². The number of hydrogen-bond acceptors (Lipinski definition) is 4. The molecule has 1 amide bonds. The van der Waals surface area contributed by atoms with Crippen molar-refractivity contribution in [3.05, 3.63) is 47.1 Å². The average molecular weight is 328 g/mol. The molecule has 0 atom stereocenters. The number of amides is 1. The molecule has 0 unspecified atom stereocenters. The SMILES string of the molecule is CS(=O)(=O)CCn1ccc(NC(=O)c2cccc(Cl)c2)n1. The first-order valence-electron chi connectivity index (χ1n) is 6.11. The van der Waals surface area contributed by atoms with Gasteiger partial charge in [0.1, 0.15) is 9.84 Å². The molecule has 1 aromatic heterocycles. The van der Waals surface area contributed by atoms with Crippen LogP contribution in [0.2, 0.25) is 5.02 Å². The molecule has 0 saturated carbocycles. The van der Waals surface area contributed by atoms with Crippen molar-refractivity contribution in [3.8, 4) is 0 Å². The van der Waals surface area contributed by atoms with E-state index in [1.165, 1.54) is 10.9 Å². The number of benzene rings is 1. The molecule has 1 aromatic carbocycles. The lowest BCUT2D eigenvalue weighted by molar-refractivity contribution is 0.102. The Bertz CT molecular complexity index is 756. The molecule has 0 aliphatic carbocycles. The lowest BCUT2D eigenvalue weighted by Gasteiger charge is -2.03. The number of rotatable bonds is 5. The summed E-state index contributed by atoms with van der Waals surface area (Å²) < 4.78 is 23.6. The molecule has 1 N–H and O–H groups in total. The number of nitrogens with one attached hydrogen (secondary N) is 1. The third-order valence-electron chi connectivity index (χ3n) is 2.66. The summed E-state index contributed by atoms with van der Waals surface area (Å²) in [6, 6.07) is 8.16. The van der Waals surface area contributed by atoms with Gasteiger partial charge in [0, 0.05) is 29.1 Å². The summed E-state index contributed by atoms with van der Waals surface area (Å²) in [6.07, 6.45) is 2.77. The minimum absolute atomic E-state index is 0.00361. The highest BCUT2D eigenvalue weighted by Gasteiger charge is 2.09. The van der Waals surface area contributed by atoms with Gasteiger partial charge < -0.3 is 5.32 Å². The van der Waals surface area contributed by atoms with E-state index in [4.69, 9.17) is 11.6 Å². The molecule has 6 nitrogen and oxygen atoms in total. The van der Waals surface area contributed by atoms with Crippen LogP contribution in [0.4, 0.5) is 5.82 Å². The Morgan fingerprint density at radius 2 is 2.14 bits per heavy atom. The predicted octanol–water partition coefficient (Wildman–Crippen LogP) is 1.83. The minimum Gasteiger partial charge on any atom is -0.305 e. The Morgan fingerprint density at radius 1 is 1.38 bits per heavy atom.